The summed E-state index contributed by atoms with van der Waals surface area (Å²) in [5, 5.41) is 3.34. The Labute approximate surface area is 91.1 Å². The van der Waals surface area contributed by atoms with Crippen LogP contribution < -0.4 is 5.32 Å². The number of likely N-dealkylation sites (tertiary alicyclic amines) is 1. The van der Waals surface area contributed by atoms with Gasteiger partial charge in [-0.15, -0.1) is 0 Å². The van der Waals surface area contributed by atoms with Crippen molar-refractivity contribution in [2.24, 2.45) is 5.92 Å². The highest BCUT2D eigenvalue weighted by molar-refractivity contribution is 5.22. The van der Waals surface area contributed by atoms with Crippen LogP contribution in [0.2, 0.25) is 0 Å². The third-order valence-corrected chi connectivity index (χ3v) is 3.21. The third kappa shape index (κ3) is 2.96. The fraction of sp³-hybridized carbons (Fsp3) is 0.727. The molecule has 84 valence electrons. The highest BCUT2D eigenvalue weighted by Gasteiger charge is 2.17. The van der Waals surface area contributed by atoms with E-state index in [1.807, 2.05) is 6.20 Å². The fourth-order valence-electron chi connectivity index (χ4n) is 2.11. The number of nitrogens with one attached hydrogen (secondary N) is 2. The first-order valence-corrected chi connectivity index (χ1v) is 5.84. The molecule has 1 aliphatic heterocycles. The average molecular weight is 208 g/mol. The van der Waals surface area contributed by atoms with Gasteiger partial charge in [0.25, 0.3) is 0 Å². The molecular formula is C11H20N4. The van der Waals surface area contributed by atoms with Crippen LogP contribution in [0.25, 0.3) is 0 Å². The van der Waals surface area contributed by atoms with Crippen LogP contribution in [0.3, 0.4) is 0 Å². The van der Waals surface area contributed by atoms with Gasteiger partial charge in [0.2, 0.25) is 0 Å². The van der Waals surface area contributed by atoms with Crippen molar-refractivity contribution in [3.8, 4) is 0 Å². The molecule has 1 aliphatic rings. The second kappa shape index (κ2) is 5.16. The van der Waals surface area contributed by atoms with Crippen LogP contribution in [0.15, 0.2) is 12.4 Å². The van der Waals surface area contributed by atoms with Crippen molar-refractivity contribution in [1.82, 2.24) is 14.9 Å². The number of hydrogen-bond acceptors (Lipinski definition) is 3. The Balaban J connectivity index is 1.69. The first-order chi connectivity index (χ1) is 7.38. The molecule has 0 spiro atoms. The second-order valence-electron chi connectivity index (χ2n) is 4.20. The molecule has 1 saturated heterocycles. The maximum atomic E-state index is 4.15. The largest absolute Gasteiger partial charge is 0.356 e. The molecule has 4 nitrogen and oxygen atoms in total. The van der Waals surface area contributed by atoms with Crippen molar-refractivity contribution < 1.29 is 0 Å². The highest BCUT2D eigenvalue weighted by Crippen LogP contribution is 2.16. The van der Waals surface area contributed by atoms with Gasteiger partial charge in [-0.3, -0.25) is 0 Å². The van der Waals surface area contributed by atoms with E-state index in [2.05, 4.69) is 27.1 Å². The number of rotatable bonds is 4. The van der Waals surface area contributed by atoms with Gasteiger partial charge in [-0.25, -0.2) is 4.98 Å². The first-order valence-electron chi connectivity index (χ1n) is 5.84. The molecule has 2 heterocycles. The number of imidazole rings is 1. The van der Waals surface area contributed by atoms with E-state index >= 15 is 0 Å². The average Bonchev–Trinajstić information content (AvgIpc) is 2.80. The lowest BCUT2D eigenvalue weighted by Gasteiger charge is -2.30. The molecule has 0 atom stereocenters. The molecular weight excluding hydrogens is 188 g/mol. The number of piperidine rings is 1. The monoisotopic (exact) mass is 208 g/mol. The van der Waals surface area contributed by atoms with Gasteiger partial charge in [0.05, 0.1) is 0 Å². The summed E-state index contributed by atoms with van der Waals surface area (Å²) in [5.74, 6) is 1.70. The van der Waals surface area contributed by atoms with Gasteiger partial charge in [-0.1, -0.05) is 6.92 Å². The van der Waals surface area contributed by atoms with Crippen LogP contribution >= 0.6 is 0 Å². The van der Waals surface area contributed by atoms with Crippen molar-refractivity contribution >= 4 is 5.95 Å². The molecule has 1 aromatic rings. The van der Waals surface area contributed by atoms with Crippen LogP contribution in [-0.4, -0.2) is 41.0 Å². The van der Waals surface area contributed by atoms with E-state index in [9.17, 15) is 0 Å². The van der Waals surface area contributed by atoms with Gasteiger partial charge in [0.1, 0.15) is 0 Å². The van der Waals surface area contributed by atoms with Gasteiger partial charge in [0.15, 0.2) is 5.95 Å². The summed E-state index contributed by atoms with van der Waals surface area (Å²) in [5.41, 5.74) is 0. The summed E-state index contributed by atoms with van der Waals surface area (Å²) in [6.45, 7) is 6.98. The molecule has 0 radical (unpaired) electrons. The molecule has 0 bridgehead atoms. The Morgan fingerprint density at radius 2 is 2.33 bits per heavy atom. The van der Waals surface area contributed by atoms with Crippen molar-refractivity contribution in [2.75, 3.05) is 31.5 Å². The number of H-pyrrole nitrogens is 1. The van der Waals surface area contributed by atoms with Crippen LogP contribution in [-0.2, 0) is 0 Å². The molecule has 2 N–H and O–H groups in total. The van der Waals surface area contributed by atoms with Gasteiger partial charge in [-0.05, 0) is 38.4 Å². The Morgan fingerprint density at radius 1 is 1.53 bits per heavy atom. The lowest BCUT2D eigenvalue weighted by atomic mass is 9.97. The number of nitrogens with zero attached hydrogens (tertiary/aromatic N) is 2. The number of aromatic amines is 1. The standard InChI is InChI=1S/C11H20N4/c1-2-15-7-3-10(4-8-15)9-14-11-12-5-6-13-11/h5-6,10H,2-4,7-9H2,1H3,(H2,12,13,14). The van der Waals surface area contributed by atoms with Gasteiger partial charge in [0, 0.05) is 18.9 Å². The number of aromatic nitrogens is 2. The molecule has 1 fully saturated rings. The van der Waals surface area contributed by atoms with E-state index < -0.39 is 0 Å². The number of hydrogen-bond donors (Lipinski definition) is 2. The van der Waals surface area contributed by atoms with Gasteiger partial charge >= 0.3 is 0 Å². The summed E-state index contributed by atoms with van der Waals surface area (Å²) in [7, 11) is 0. The van der Waals surface area contributed by atoms with Crippen molar-refractivity contribution in [3.63, 3.8) is 0 Å². The normalized spacial score (nSPS) is 19.3. The summed E-state index contributed by atoms with van der Waals surface area (Å²) in [4.78, 5) is 9.74. The minimum absolute atomic E-state index is 0.804. The van der Waals surface area contributed by atoms with Crippen LogP contribution in [0.5, 0.6) is 0 Å². The SMILES string of the molecule is CCN1CCC(CNc2ncc[nH]2)CC1. The molecule has 0 saturated carbocycles. The topological polar surface area (TPSA) is 44.0 Å². The third-order valence-electron chi connectivity index (χ3n) is 3.21. The molecule has 2 rings (SSSR count). The van der Waals surface area contributed by atoms with E-state index in [4.69, 9.17) is 0 Å². The molecule has 4 heteroatoms. The maximum absolute atomic E-state index is 4.15. The van der Waals surface area contributed by atoms with E-state index in [-0.39, 0.29) is 0 Å². The summed E-state index contributed by atoms with van der Waals surface area (Å²) >= 11 is 0. The molecule has 0 aliphatic carbocycles. The molecule has 0 aromatic carbocycles. The molecule has 0 unspecified atom stereocenters. The van der Waals surface area contributed by atoms with Crippen molar-refractivity contribution in [1.29, 1.82) is 0 Å². The zero-order valence-corrected chi connectivity index (χ0v) is 9.37. The summed E-state index contributed by atoms with van der Waals surface area (Å²) < 4.78 is 0. The van der Waals surface area contributed by atoms with E-state index in [1.54, 1.807) is 6.20 Å². The molecule has 15 heavy (non-hydrogen) atoms. The minimum atomic E-state index is 0.804. The summed E-state index contributed by atoms with van der Waals surface area (Å²) in [6.07, 6.45) is 6.24. The quantitative estimate of drug-likeness (QED) is 0.789. The van der Waals surface area contributed by atoms with Crippen LogP contribution in [0.4, 0.5) is 5.95 Å². The lowest BCUT2D eigenvalue weighted by molar-refractivity contribution is 0.198. The van der Waals surface area contributed by atoms with Crippen molar-refractivity contribution in [2.45, 2.75) is 19.8 Å². The zero-order chi connectivity index (χ0) is 10.5. The Bertz CT molecular complexity index is 262. The smallest absolute Gasteiger partial charge is 0.200 e. The Hall–Kier alpha value is -1.03. The Morgan fingerprint density at radius 3 is 2.93 bits per heavy atom. The maximum Gasteiger partial charge on any atom is 0.200 e. The van der Waals surface area contributed by atoms with Crippen molar-refractivity contribution in [3.05, 3.63) is 12.4 Å². The second-order valence-corrected chi connectivity index (χ2v) is 4.20. The predicted octanol–water partition coefficient (Wildman–Crippen LogP) is 1.55. The lowest BCUT2D eigenvalue weighted by Crippen LogP contribution is -2.35. The van der Waals surface area contributed by atoms with Gasteiger partial charge < -0.3 is 15.2 Å². The highest BCUT2D eigenvalue weighted by atomic mass is 15.1. The molecule has 1 aromatic heterocycles. The Kier molecular flexibility index (Phi) is 3.61. The van der Waals surface area contributed by atoms with Gasteiger partial charge in [-0.2, -0.15) is 0 Å². The zero-order valence-electron chi connectivity index (χ0n) is 9.37. The van der Waals surface area contributed by atoms with E-state index in [0.29, 0.717) is 0 Å². The number of anilines is 1. The predicted molar refractivity (Wildman–Crippen MR) is 61.9 cm³/mol. The van der Waals surface area contributed by atoms with Crippen LogP contribution in [0, 0.1) is 5.92 Å². The first kappa shape index (κ1) is 10.5. The van der Waals surface area contributed by atoms with Crippen LogP contribution in [0.1, 0.15) is 19.8 Å². The molecule has 0 amide bonds. The van der Waals surface area contributed by atoms with E-state index in [0.717, 1.165) is 18.4 Å². The summed E-state index contributed by atoms with van der Waals surface area (Å²) in [6, 6.07) is 0. The minimum Gasteiger partial charge on any atom is -0.356 e. The van der Waals surface area contributed by atoms with E-state index in [1.165, 1.54) is 32.5 Å². The fourth-order valence-corrected chi connectivity index (χ4v) is 2.11.